The van der Waals surface area contributed by atoms with Crippen molar-refractivity contribution in [1.82, 2.24) is 4.90 Å². The number of amides is 2. The highest BCUT2D eigenvalue weighted by molar-refractivity contribution is 6.04. The second-order valence-corrected chi connectivity index (χ2v) is 8.44. The quantitative estimate of drug-likeness (QED) is 0.622. The molecule has 168 valence electrons. The summed E-state index contributed by atoms with van der Waals surface area (Å²) in [6.45, 7) is 5.29. The Morgan fingerprint density at radius 3 is 2.59 bits per heavy atom. The molecule has 1 saturated heterocycles. The Bertz CT molecular complexity index is 1030. The normalized spacial score (nSPS) is 15.5. The number of anilines is 1. The maximum atomic E-state index is 12.9. The number of benzene rings is 2. The molecular weight excluding hydrogens is 408 g/mol. The van der Waals surface area contributed by atoms with E-state index in [-0.39, 0.29) is 43.3 Å². The molecule has 7 nitrogen and oxygen atoms in total. The lowest BCUT2D eigenvalue weighted by atomic mass is 10.0. The monoisotopic (exact) mass is 436 g/mol. The molecule has 0 saturated carbocycles. The summed E-state index contributed by atoms with van der Waals surface area (Å²) < 4.78 is 11.3. The minimum atomic E-state index is -0.295. The molecule has 0 bridgehead atoms. The molecule has 1 fully saturated rings. The molecule has 0 aromatic heterocycles. The first kappa shape index (κ1) is 21.9. The molecule has 0 radical (unpaired) electrons. The minimum Gasteiger partial charge on any atom is -0.485 e. The van der Waals surface area contributed by atoms with Crippen molar-refractivity contribution in [2.24, 2.45) is 0 Å². The third kappa shape index (κ3) is 4.61. The zero-order valence-electron chi connectivity index (χ0n) is 18.5. The number of hydrogen-bond acceptors (Lipinski definition) is 5. The highest BCUT2D eigenvalue weighted by Gasteiger charge is 2.30. The average Bonchev–Trinajstić information content (AvgIpc) is 3.34. The molecule has 0 N–H and O–H groups in total. The average molecular weight is 437 g/mol. The van der Waals surface area contributed by atoms with E-state index >= 15 is 0 Å². The van der Waals surface area contributed by atoms with Crippen LogP contribution >= 0.6 is 0 Å². The predicted octanol–water partition coefficient (Wildman–Crippen LogP) is 3.42. The van der Waals surface area contributed by atoms with Crippen LogP contribution in [0.3, 0.4) is 0 Å². The Kier molecular flexibility index (Phi) is 6.44. The van der Waals surface area contributed by atoms with Crippen LogP contribution < -0.4 is 14.4 Å². The fourth-order valence-corrected chi connectivity index (χ4v) is 4.07. The van der Waals surface area contributed by atoms with Gasteiger partial charge in [-0.3, -0.25) is 19.3 Å². The van der Waals surface area contributed by atoms with Gasteiger partial charge in [-0.15, -0.1) is 0 Å². The van der Waals surface area contributed by atoms with Crippen molar-refractivity contribution in [3.05, 3.63) is 53.6 Å². The first-order chi connectivity index (χ1) is 15.4. The Balaban J connectivity index is 1.50. The Hall–Kier alpha value is -3.35. The van der Waals surface area contributed by atoms with Gasteiger partial charge in [-0.05, 0) is 48.6 Å². The van der Waals surface area contributed by atoms with Gasteiger partial charge >= 0.3 is 0 Å². The number of carbonyl (C=O) groups is 3. The van der Waals surface area contributed by atoms with Crippen molar-refractivity contribution >= 4 is 23.3 Å². The van der Waals surface area contributed by atoms with Gasteiger partial charge in [0, 0.05) is 18.7 Å². The number of carbonyl (C=O) groups excluding carboxylic acids is 3. The van der Waals surface area contributed by atoms with Crippen LogP contribution in [0.4, 0.5) is 5.69 Å². The fourth-order valence-electron chi connectivity index (χ4n) is 4.07. The first-order valence-electron chi connectivity index (χ1n) is 11.0. The summed E-state index contributed by atoms with van der Waals surface area (Å²) in [6.07, 6.45) is 1.97. The molecule has 7 heteroatoms. The molecule has 0 unspecified atom stereocenters. The molecule has 32 heavy (non-hydrogen) atoms. The molecule has 2 amide bonds. The smallest absolute Gasteiger partial charge is 0.265 e. The van der Waals surface area contributed by atoms with Crippen LogP contribution in [0, 0.1) is 0 Å². The van der Waals surface area contributed by atoms with Crippen molar-refractivity contribution < 1.29 is 23.9 Å². The number of likely N-dealkylation sites (tertiary alicyclic amines) is 1. The van der Waals surface area contributed by atoms with Crippen LogP contribution in [-0.4, -0.2) is 55.3 Å². The molecule has 0 atom stereocenters. The van der Waals surface area contributed by atoms with Gasteiger partial charge in [0.2, 0.25) is 5.91 Å². The summed E-state index contributed by atoms with van der Waals surface area (Å²) >= 11 is 0. The third-order valence-corrected chi connectivity index (χ3v) is 5.88. The number of ether oxygens (including phenoxy) is 2. The summed E-state index contributed by atoms with van der Waals surface area (Å²) in [5.41, 5.74) is 1.89. The van der Waals surface area contributed by atoms with Crippen molar-refractivity contribution in [2.75, 3.05) is 37.7 Å². The van der Waals surface area contributed by atoms with Gasteiger partial charge in [-0.1, -0.05) is 32.0 Å². The lowest BCUT2D eigenvalue weighted by Crippen LogP contribution is -2.46. The highest BCUT2D eigenvalue weighted by atomic mass is 16.5. The molecule has 2 heterocycles. The number of Topliss-reactive ketones (excluding diaryl/α,β-unsaturated/α-hetero) is 1. The van der Waals surface area contributed by atoms with Gasteiger partial charge in [0.1, 0.15) is 18.0 Å². The van der Waals surface area contributed by atoms with Gasteiger partial charge in [-0.2, -0.15) is 0 Å². The van der Waals surface area contributed by atoms with Crippen LogP contribution in [0.1, 0.15) is 48.5 Å². The largest absolute Gasteiger partial charge is 0.485 e. The number of fused-ring (bicyclic) bond motifs is 1. The van der Waals surface area contributed by atoms with Gasteiger partial charge in [-0.25, -0.2) is 0 Å². The van der Waals surface area contributed by atoms with E-state index < -0.39 is 0 Å². The van der Waals surface area contributed by atoms with Gasteiger partial charge in [0.15, 0.2) is 19.0 Å². The van der Waals surface area contributed by atoms with Gasteiger partial charge < -0.3 is 14.4 Å². The van der Waals surface area contributed by atoms with Crippen LogP contribution in [0.5, 0.6) is 11.5 Å². The minimum absolute atomic E-state index is 0.0505. The molecule has 4 rings (SSSR count). The summed E-state index contributed by atoms with van der Waals surface area (Å²) in [6, 6.07) is 12.6. The number of rotatable bonds is 7. The summed E-state index contributed by atoms with van der Waals surface area (Å²) in [5, 5.41) is 0. The Morgan fingerprint density at radius 1 is 1.09 bits per heavy atom. The van der Waals surface area contributed by atoms with Gasteiger partial charge in [0.25, 0.3) is 5.91 Å². The molecule has 0 spiro atoms. The van der Waals surface area contributed by atoms with Crippen LogP contribution in [0.25, 0.3) is 0 Å². The van der Waals surface area contributed by atoms with Crippen LogP contribution in [-0.2, 0) is 9.59 Å². The Morgan fingerprint density at radius 2 is 1.84 bits per heavy atom. The maximum absolute atomic E-state index is 12.9. The summed E-state index contributed by atoms with van der Waals surface area (Å²) in [4.78, 5) is 41.2. The maximum Gasteiger partial charge on any atom is 0.265 e. The first-order valence-corrected chi connectivity index (χ1v) is 11.0. The van der Waals surface area contributed by atoms with E-state index in [9.17, 15) is 14.4 Å². The van der Waals surface area contributed by atoms with E-state index in [0.29, 0.717) is 22.7 Å². The van der Waals surface area contributed by atoms with Crippen molar-refractivity contribution in [1.29, 1.82) is 0 Å². The van der Waals surface area contributed by atoms with E-state index in [1.807, 2.05) is 24.3 Å². The van der Waals surface area contributed by atoms with E-state index in [0.717, 1.165) is 31.5 Å². The van der Waals surface area contributed by atoms with Crippen molar-refractivity contribution in [3.63, 3.8) is 0 Å². The summed E-state index contributed by atoms with van der Waals surface area (Å²) in [7, 11) is 0. The van der Waals surface area contributed by atoms with E-state index in [1.54, 1.807) is 23.1 Å². The molecule has 2 aliphatic rings. The third-order valence-electron chi connectivity index (χ3n) is 5.88. The Labute approximate surface area is 187 Å². The molecule has 0 aliphatic carbocycles. The van der Waals surface area contributed by atoms with Crippen LogP contribution in [0.2, 0.25) is 0 Å². The lowest BCUT2D eigenvalue weighted by Gasteiger charge is -2.30. The summed E-state index contributed by atoms with van der Waals surface area (Å²) in [5.74, 6) is 0.850. The number of para-hydroxylation sites is 1. The standard InChI is InChI=1S/C25H28N2O5/c1-17(2)19-7-3-4-8-22(19)31-15-21(28)18-9-10-23-20(13-18)27(25(30)16-32-23)14-24(29)26-11-5-6-12-26/h3-4,7-10,13,17H,5-6,11-12,14-16H2,1-2H3. The second-order valence-electron chi connectivity index (χ2n) is 8.44. The van der Waals surface area contributed by atoms with Crippen molar-refractivity contribution in [2.45, 2.75) is 32.6 Å². The van der Waals surface area contributed by atoms with Gasteiger partial charge in [0.05, 0.1) is 5.69 Å². The molecule has 2 aromatic rings. The van der Waals surface area contributed by atoms with E-state index in [2.05, 4.69) is 13.8 Å². The molecular formula is C25H28N2O5. The number of nitrogens with zero attached hydrogens (tertiary/aromatic N) is 2. The van der Waals surface area contributed by atoms with Crippen LogP contribution in [0.15, 0.2) is 42.5 Å². The highest BCUT2D eigenvalue weighted by Crippen LogP contribution is 2.33. The van der Waals surface area contributed by atoms with Crippen molar-refractivity contribution in [3.8, 4) is 11.5 Å². The molecule has 2 aromatic carbocycles. The van der Waals surface area contributed by atoms with E-state index in [4.69, 9.17) is 9.47 Å². The zero-order chi connectivity index (χ0) is 22.7. The number of hydrogen-bond donors (Lipinski definition) is 0. The zero-order valence-corrected chi connectivity index (χ0v) is 18.5. The topological polar surface area (TPSA) is 76.2 Å². The van der Waals surface area contributed by atoms with E-state index in [1.165, 1.54) is 4.90 Å². The number of ketones is 1. The predicted molar refractivity (Wildman–Crippen MR) is 120 cm³/mol. The molecule has 2 aliphatic heterocycles. The lowest BCUT2D eigenvalue weighted by molar-refractivity contribution is -0.131. The SMILES string of the molecule is CC(C)c1ccccc1OCC(=O)c1ccc2c(c1)N(CC(=O)N1CCCC1)C(=O)CO2. The second kappa shape index (κ2) is 9.42. The fraction of sp³-hybridized carbons (Fsp3) is 0.400.